The molecule has 0 radical (unpaired) electrons. The molecule has 1 aliphatic carbocycles. The molecule has 3 rings (SSSR count). The van der Waals surface area contributed by atoms with Crippen LogP contribution in [0.2, 0.25) is 0 Å². The summed E-state index contributed by atoms with van der Waals surface area (Å²) in [5.41, 5.74) is 2.20. The largest absolute Gasteiger partial charge is 0.508 e. The zero-order chi connectivity index (χ0) is 17.1. The predicted molar refractivity (Wildman–Crippen MR) is 90.8 cm³/mol. The lowest BCUT2D eigenvalue weighted by atomic mass is 9.96. The first kappa shape index (κ1) is 15.6. The fraction of sp³-hybridized carbons (Fsp3) is 0.0526. The van der Waals surface area contributed by atoms with Crippen molar-refractivity contribution in [2.45, 2.75) is 6.42 Å². The van der Waals surface area contributed by atoms with Gasteiger partial charge in [-0.3, -0.25) is 4.79 Å². The first-order valence-electron chi connectivity index (χ1n) is 7.33. The van der Waals surface area contributed by atoms with Crippen molar-refractivity contribution < 1.29 is 20.1 Å². The number of allylic oxidation sites excluding steroid dienone is 3. The van der Waals surface area contributed by atoms with Crippen LogP contribution in [0, 0.1) is 0 Å². The third kappa shape index (κ3) is 3.52. The van der Waals surface area contributed by atoms with Crippen LogP contribution in [0.15, 0.2) is 77.0 Å². The molecule has 0 spiro atoms. The Labute approximate surface area is 138 Å². The molecule has 5 heteroatoms. The summed E-state index contributed by atoms with van der Waals surface area (Å²) in [6.07, 6.45) is 3.11. The molecular weight excluding hydrogens is 306 g/mol. The number of hydrogen-bond acceptors (Lipinski definition) is 5. The Morgan fingerprint density at radius 1 is 0.792 bits per heavy atom. The second-order valence-electron chi connectivity index (χ2n) is 5.42. The molecule has 0 saturated heterocycles. The van der Waals surface area contributed by atoms with Gasteiger partial charge < -0.3 is 15.3 Å². The van der Waals surface area contributed by atoms with Crippen molar-refractivity contribution in [2.24, 2.45) is 4.99 Å². The fourth-order valence-electron chi connectivity index (χ4n) is 2.33. The first-order valence-corrected chi connectivity index (χ1v) is 7.33. The second kappa shape index (κ2) is 6.42. The van der Waals surface area contributed by atoms with Crippen LogP contribution in [0.4, 0.5) is 5.69 Å². The Morgan fingerprint density at radius 3 is 2.00 bits per heavy atom. The van der Waals surface area contributed by atoms with Crippen LogP contribution < -0.4 is 0 Å². The molecule has 2 aromatic carbocycles. The van der Waals surface area contributed by atoms with E-state index in [-0.39, 0.29) is 28.8 Å². The number of aliphatic imine (C=N–C) groups is 1. The summed E-state index contributed by atoms with van der Waals surface area (Å²) in [5.74, 6) is -0.177. The van der Waals surface area contributed by atoms with E-state index in [0.29, 0.717) is 17.7 Å². The highest BCUT2D eigenvalue weighted by Gasteiger charge is 2.18. The number of carbonyl (C=O) groups is 1. The number of carbonyl (C=O) groups excluding carboxylic acids is 1. The smallest absolute Gasteiger partial charge is 0.207 e. The minimum atomic E-state index is -0.380. The number of aromatic hydroxyl groups is 2. The molecule has 0 bridgehead atoms. The summed E-state index contributed by atoms with van der Waals surface area (Å²) in [4.78, 5) is 16.3. The van der Waals surface area contributed by atoms with Gasteiger partial charge in [0.1, 0.15) is 23.0 Å². The van der Waals surface area contributed by atoms with Gasteiger partial charge in [0.05, 0.1) is 5.69 Å². The van der Waals surface area contributed by atoms with Crippen molar-refractivity contribution in [1.82, 2.24) is 0 Å². The zero-order valence-electron chi connectivity index (χ0n) is 12.7. The van der Waals surface area contributed by atoms with Crippen LogP contribution in [0.1, 0.15) is 5.56 Å². The van der Waals surface area contributed by atoms with Crippen molar-refractivity contribution in [3.05, 3.63) is 77.6 Å². The average Bonchev–Trinajstić information content (AvgIpc) is 2.56. The summed E-state index contributed by atoms with van der Waals surface area (Å²) in [6, 6.07) is 12.8. The Hall–Kier alpha value is -3.34. The standard InChI is InChI=1S/C19H15NO4/c21-15-5-1-12(2-6-15)9-13-10-17(19(24)11-18(13)23)20-14-3-7-16(22)8-4-14/h1-8,10-11,21-23H,9H2. The van der Waals surface area contributed by atoms with Crippen LogP contribution >= 0.6 is 0 Å². The molecule has 0 aliphatic heterocycles. The minimum absolute atomic E-state index is 0.0854. The molecule has 0 fully saturated rings. The number of nitrogens with zero attached hydrogens (tertiary/aromatic N) is 1. The topological polar surface area (TPSA) is 90.1 Å². The average molecular weight is 321 g/mol. The molecule has 120 valence electrons. The zero-order valence-corrected chi connectivity index (χ0v) is 12.7. The number of aliphatic hydroxyl groups excluding tert-OH is 1. The third-order valence-corrected chi connectivity index (χ3v) is 3.59. The normalized spacial score (nSPS) is 16.0. The Kier molecular flexibility index (Phi) is 4.16. The van der Waals surface area contributed by atoms with E-state index >= 15 is 0 Å². The Morgan fingerprint density at radius 2 is 1.38 bits per heavy atom. The number of phenolic OH excluding ortho intramolecular Hbond substituents is 2. The molecule has 5 nitrogen and oxygen atoms in total. The Bertz CT molecular complexity index is 859. The van der Waals surface area contributed by atoms with E-state index in [1.165, 1.54) is 12.1 Å². The SMILES string of the molecule is O=C1C=C(O)C(Cc2ccc(O)cc2)=CC1=Nc1ccc(O)cc1. The van der Waals surface area contributed by atoms with Gasteiger partial charge in [-0.2, -0.15) is 0 Å². The van der Waals surface area contributed by atoms with Gasteiger partial charge >= 0.3 is 0 Å². The van der Waals surface area contributed by atoms with Gasteiger partial charge in [-0.1, -0.05) is 12.1 Å². The van der Waals surface area contributed by atoms with Crippen LogP contribution in [0.5, 0.6) is 11.5 Å². The van der Waals surface area contributed by atoms with Crippen molar-refractivity contribution in [3.63, 3.8) is 0 Å². The van der Waals surface area contributed by atoms with Gasteiger partial charge in [0.15, 0.2) is 0 Å². The monoisotopic (exact) mass is 321 g/mol. The highest BCUT2D eigenvalue weighted by Crippen LogP contribution is 2.22. The highest BCUT2D eigenvalue weighted by atomic mass is 16.3. The van der Waals surface area contributed by atoms with E-state index < -0.39 is 0 Å². The molecule has 24 heavy (non-hydrogen) atoms. The van der Waals surface area contributed by atoms with Crippen LogP contribution in [-0.4, -0.2) is 26.8 Å². The molecule has 0 saturated carbocycles. The van der Waals surface area contributed by atoms with Crippen LogP contribution in [0.3, 0.4) is 0 Å². The van der Waals surface area contributed by atoms with Gasteiger partial charge in [-0.15, -0.1) is 0 Å². The lowest BCUT2D eigenvalue weighted by Crippen LogP contribution is -2.16. The number of ketones is 1. The van der Waals surface area contributed by atoms with Gasteiger partial charge in [0.25, 0.3) is 0 Å². The lowest BCUT2D eigenvalue weighted by Gasteiger charge is -2.12. The quantitative estimate of drug-likeness (QED) is 0.756. The number of phenols is 2. The maximum absolute atomic E-state index is 12.0. The number of benzene rings is 2. The highest BCUT2D eigenvalue weighted by molar-refractivity contribution is 6.49. The van der Waals surface area contributed by atoms with E-state index in [4.69, 9.17) is 0 Å². The first-order chi connectivity index (χ1) is 11.5. The summed E-state index contributed by atoms with van der Waals surface area (Å²) in [6.45, 7) is 0. The van der Waals surface area contributed by atoms with Crippen molar-refractivity contribution in [1.29, 1.82) is 0 Å². The molecule has 0 aromatic heterocycles. The summed E-state index contributed by atoms with van der Waals surface area (Å²) >= 11 is 0. The van der Waals surface area contributed by atoms with Gasteiger partial charge in [0.2, 0.25) is 5.78 Å². The third-order valence-electron chi connectivity index (χ3n) is 3.59. The molecule has 0 atom stereocenters. The summed E-state index contributed by atoms with van der Waals surface area (Å²) in [5, 5.41) is 28.6. The van der Waals surface area contributed by atoms with E-state index in [1.807, 2.05) is 0 Å². The van der Waals surface area contributed by atoms with E-state index in [2.05, 4.69) is 4.99 Å². The number of rotatable bonds is 3. The maximum Gasteiger partial charge on any atom is 0.207 e. The predicted octanol–water partition coefficient (Wildman–Crippen LogP) is 3.36. The minimum Gasteiger partial charge on any atom is -0.508 e. The summed E-state index contributed by atoms with van der Waals surface area (Å²) in [7, 11) is 0. The molecule has 0 amide bonds. The molecule has 2 aromatic rings. The molecule has 3 N–H and O–H groups in total. The van der Waals surface area contributed by atoms with Gasteiger partial charge in [-0.25, -0.2) is 4.99 Å². The maximum atomic E-state index is 12.0. The van der Waals surface area contributed by atoms with Gasteiger partial charge in [0, 0.05) is 18.1 Å². The second-order valence-corrected chi connectivity index (χ2v) is 5.42. The number of hydrogen-bond donors (Lipinski definition) is 3. The fourth-order valence-corrected chi connectivity index (χ4v) is 2.33. The molecule has 0 unspecified atom stereocenters. The number of aliphatic hydroxyl groups is 1. The van der Waals surface area contributed by atoms with Crippen LogP contribution in [-0.2, 0) is 11.2 Å². The Balaban J connectivity index is 1.90. The van der Waals surface area contributed by atoms with E-state index in [9.17, 15) is 20.1 Å². The molecular formula is C19H15NO4. The molecule has 1 aliphatic rings. The van der Waals surface area contributed by atoms with E-state index in [1.54, 1.807) is 42.5 Å². The van der Waals surface area contributed by atoms with Gasteiger partial charge in [-0.05, 0) is 48.0 Å². The van der Waals surface area contributed by atoms with Crippen molar-refractivity contribution in [3.8, 4) is 11.5 Å². The van der Waals surface area contributed by atoms with Crippen LogP contribution in [0.25, 0.3) is 0 Å². The molecule has 0 heterocycles. The summed E-state index contributed by atoms with van der Waals surface area (Å²) < 4.78 is 0. The van der Waals surface area contributed by atoms with E-state index in [0.717, 1.165) is 11.6 Å². The van der Waals surface area contributed by atoms with Crippen molar-refractivity contribution >= 4 is 17.2 Å². The van der Waals surface area contributed by atoms with Crippen molar-refractivity contribution in [2.75, 3.05) is 0 Å². The lowest BCUT2D eigenvalue weighted by molar-refractivity contribution is -0.109.